The Morgan fingerprint density at radius 3 is 2.75 bits per heavy atom. The van der Waals surface area contributed by atoms with Gasteiger partial charge in [-0.15, -0.1) is 0 Å². The lowest BCUT2D eigenvalue weighted by molar-refractivity contribution is 0.0695. The number of aromatic carboxylic acids is 1. The monoisotopic (exact) mass is 385 g/mol. The Hall–Kier alpha value is -2.41. The van der Waals surface area contributed by atoms with E-state index >= 15 is 4.39 Å². The van der Waals surface area contributed by atoms with E-state index in [4.69, 9.17) is 5.73 Å². The number of carboxylic acid groups (broad SMARTS) is 1. The van der Waals surface area contributed by atoms with E-state index in [9.17, 15) is 14.7 Å². The number of hydrogen-bond acceptors (Lipinski definition) is 4. The van der Waals surface area contributed by atoms with Crippen molar-refractivity contribution in [3.05, 3.63) is 39.4 Å². The van der Waals surface area contributed by atoms with E-state index in [1.54, 1.807) is 0 Å². The molecule has 148 valence electrons. The first-order valence-electron chi connectivity index (χ1n) is 10.1. The third-order valence-corrected chi connectivity index (χ3v) is 6.60. The summed E-state index contributed by atoms with van der Waals surface area (Å²) in [6, 6.07) is 1.73. The van der Waals surface area contributed by atoms with Crippen LogP contribution in [0.2, 0.25) is 0 Å². The van der Waals surface area contributed by atoms with Crippen molar-refractivity contribution >= 4 is 22.6 Å². The highest BCUT2D eigenvalue weighted by Gasteiger charge is 2.37. The Labute approximate surface area is 161 Å². The van der Waals surface area contributed by atoms with Crippen LogP contribution in [0.4, 0.5) is 10.1 Å². The standard InChI is InChI=1S/C21H24FN3O3/c22-17-7-15-18(25(12-4-5-12)10-16(20(15)26)21(27)28)14-3-1-2-13-6-11(8-23)9-24(13)19(14)17/h7,10-13H,1-6,8-9,23H2,(H,27,28)/t11-,13?/m1/s1. The second kappa shape index (κ2) is 6.30. The fourth-order valence-corrected chi connectivity index (χ4v) is 5.14. The maximum absolute atomic E-state index is 15.3. The minimum Gasteiger partial charge on any atom is -0.477 e. The fourth-order valence-electron chi connectivity index (χ4n) is 5.14. The third-order valence-electron chi connectivity index (χ3n) is 6.60. The number of halogens is 1. The number of rotatable bonds is 3. The molecule has 0 radical (unpaired) electrons. The van der Waals surface area contributed by atoms with Crippen LogP contribution >= 0.6 is 0 Å². The fraction of sp³-hybridized carbons (Fsp3) is 0.524. The molecule has 3 heterocycles. The summed E-state index contributed by atoms with van der Waals surface area (Å²) in [6.07, 6.45) is 6.94. The Morgan fingerprint density at radius 1 is 1.29 bits per heavy atom. The number of anilines is 1. The quantitative estimate of drug-likeness (QED) is 0.848. The molecule has 0 amide bonds. The smallest absolute Gasteiger partial charge is 0.341 e. The molecule has 2 aromatic rings. The molecule has 3 aliphatic rings. The summed E-state index contributed by atoms with van der Waals surface area (Å²) in [5.41, 5.74) is 7.20. The first-order chi connectivity index (χ1) is 13.5. The molecule has 1 aromatic carbocycles. The Morgan fingerprint density at radius 2 is 2.07 bits per heavy atom. The Bertz CT molecular complexity index is 1040. The van der Waals surface area contributed by atoms with Gasteiger partial charge in [-0.2, -0.15) is 0 Å². The van der Waals surface area contributed by atoms with E-state index in [1.165, 1.54) is 12.3 Å². The van der Waals surface area contributed by atoms with E-state index in [0.717, 1.165) is 49.7 Å². The number of carbonyl (C=O) groups is 1. The van der Waals surface area contributed by atoms with Crippen molar-refractivity contribution in [2.75, 3.05) is 18.0 Å². The first-order valence-corrected chi connectivity index (χ1v) is 10.1. The normalized spacial score (nSPS) is 24.1. The van der Waals surface area contributed by atoms with Gasteiger partial charge in [0.25, 0.3) is 0 Å². The van der Waals surface area contributed by atoms with E-state index in [0.29, 0.717) is 24.6 Å². The van der Waals surface area contributed by atoms with Gasteiger partial charge in [-0.3, -0.25) is 4.79 Å². The number of aryl methyl sites for hydroxylation is 1. The lowest BCUT2D eigenvalue weighted by atomic mass is 9.98. The summed E-state index contributed by atoms with van der Waals surface area (Å²) in [7, 11) is 0. The number of fused-ring (bicyclic) bond motifs is 5. The van der Waals surface area contributed by atoms with Gasteiger partial charge in [-0.25, -0.2) is 9.18 Å². The van der Waals surface area contributed by atoms with Crippen molar-refractivity contribution < 1.29 is 14.3 Å². The molecule has 2 atom stereocenters. The number of pyridine rings is 1. The van der Waals surface area contributed by atoms with Crippen LogP contribution in [0, 0.1) is 11.7 Å². The minimum atomic E-state index is -1.26. The number of nitrogens with zero attached hydrogens (tertiary/aromatic N) is 2. The van der Waals surface area contributed by atoms with Crippen LogP contribution in [0.15, 0.2) is 17.1 Å². The van der Waals surface area contributed by atoms with Gasteiger partial charge in [0.05, 0.1) is 11.2 Å². The molecular formula is C21H24FN3O3. The van der Waals surface area contributed by atoms with Crippen molar-refractivity contribution in [3.8, 4) is 0 Å². The molecule has 1 aromatic heterocycles. The van der Waals surface area contributed by atoms with Gasteiger partial charge in [0, 0.05) is 35.8 Å². The number of carboxylic acids is 1. The largest absolute Gasteiger partial charge is 0.477 e. The predicted molar refractivity (Wildman–Crippen MR) is 105 cm³/mol. The average Bonchev–Trinajstić information content (AvgIpc) is 3.45. The van der Waals surface area contributed by atoms with Gasteiger partial charge in [0.15, 0.2) is 0 Å². The van der Waals surface area contributed by atoms with Crippen molar-refractivity contribution in [1.82, 2.24) is 4.57 Å². The molecule has 0 bridgehead atoms. The molecule has 1 saturated heterocycles. The van der Waals surface area contributed by atoms with Crippen LogP contribution in [0.3, 0.4) is 0 Å². The predicted octanol–water partition coefficient (Wildman–Crippen LogP) is 2.66. The minimum absolute atomic E-state index is 0.185. The average molecular weight is 385 g/mol. The lowest BCUT2D eigenvalue weighted by Gasteiger charge is -2.28. The number of benzene rings is 1. The molecule has 2 fully saturated rings. The van der Waals surface area contributed by atoms with Crippen LogP contribution in [-0.2, 0) is 6.42 Å². The molecule has 5 rings (SSSR count). The van der Waals surface area contributed by atoms with Gasteiger partial charge in [-0.1, -0.05) is 0 Å². The summed E-state index contributed by atoms with van der Waals surface area (Å²) in [5.74, 6) is -1.33. The second-order valence-corrected chi connectivity index (χ2v) is 8.43. The maximum Gasteiger partial charge on any atom is 0.341 e. The zero-order valence-corrected chi connectivity index (χ0v) is 15.7. The zero-order valence-electron chi connectivity index (χ0n) is 15.7. The van der Waals surface area contributed by atoms with Crippen molar-refractivity contribution in [2.45, 2.75) is 50.6 Å². The summed E-state index contributed by atoms with van der Waals surface area (Å²) in [6.45, 7) is 1.32. The van der Waals surface area contributed by atoms with Crippen LogP contribution in [0.5, 0.6) is 0 Å². The molecule has 1 aliphatic carbocycles. The van der Waals surface area contributed by atoms with E-state index < -0.39 is 17.2 Å². The molecule has 7 heteroatoms. The molecule has 28 heavy (non-hydrogen) atoms. The van der Waals surface area contributed by atoms with Gasteiger partial charge >= 0.3 is 5.97 Å². The summed E-state index contributed by atoms with van der Waals surface area (Å²) < 4.78 is 17.3. The number of nitrogens with two attached hydrogens (primary N) is 1. The van der Waals surface area contributed by atoms with Crippen molar-refractivity contribution in [3.63, 3.8) is 0 Å². The topological polar surface area (TPSA) is 88.6 Å². The van der Waals surface area contributed by atoms with Crippen LogP contribution in [-0.4, -0.2) is 34.8 Å². The summed E-state index contributed by atoms with van der Waals surface area (Å²) >= 11 is 0. The Balaban J connectivity index is 1.81. The summed E-state index contributed by atoms with van der Waals surface area (Å²) in [4.78, 5) is 26.6. The molecule has 1 saturated carbocycles. The highest BCUT2D eigenvalue weighted by atomic mass is 19.1. The highest BCUT2D eigenvalue weighted by molar-refractivity contribution is 5.95. The third kappa shape index (κ3) is 2.56. The number of hydrogen-bond donors (Lipinski definition) is 2. The summed E-state index contributed by atoms with van der Waals surface area (Å²) in [5, 5.41) is 9.65. The van der Waals surface area contributed by atoms with Crippen LogP contribution in [0.1, 0.15) is 54.1 Å². The SMILES string of the molecule is NC[C@H]1CC2CCCc3c(c(F)cc4c(=O)c(C(=O)O)cn(C5CC5)c34)N2C1. The molecule has 3 N–H and O–H groups in total. The zero-order chi connectivity index (χ0) is 19.6. The van der Waals surface area contributed by atoms with E-state index in [2.05, 4.69) is 4.90 Å². The van der Waals surface area contributed by atoms with E-state index in [1.807, 2.05) is 4.57 Å². The Kier molecular flexibility index (Phi) is 3.98. The number of aromatic nitrogens is 1. The van der Waals surface area contributed by atoms with E-state index in [-0.39, 0.29) is 23.0 Å². The van der Waals surface area contributed by atoms with Gasteiger partial charge in [0.2, 0.25) is 5.43 Å². The molecule has 1 unspecified atom stereocenters. The van der Waals surface area contributed by atoms with Crippen LogP contribution in [0.25, 0.3) is 10.9 Å². The maximum atomic E-state index is 15.3. The lowest BCUT2D eigenvalue weighted by Crippen LogP contribution is -2.30. The molecule has 0 spiro atoms. The molecule has 2 aliphatic heterocycles. The molecular weight excluding hydrogens is 361 g/mol. The van der Waals surface area contributed by atoms with Crippen molar-refractivity contribution in [1.29, 1.82) is 0 Å². The van der Waals surface area contributed by atoms with Gasteiger partial charge in [-0.05, 0) is 57.1 Å². The molecule has 6 nitrogen and oxygen atoms in total. The van der Waals surface area contributed by atoms with Gasteiger partial charge in [0.1, 0.15) is 11.4 Å². The van der Waals surface area contributed by atoms with Crippen molar-refractivity contribution in [2.24, 2.45) is 11.7 Å². The van der Waals surface area contributed by atoms with Gasteiger partial charge < -0.3 is 20.3 Å². The first kappa shape index (κ1) is 17.7. The highest BCUT2D eigenvalue weighted by Crippen LogP contribution is 2.44. The second-order valence-electron chi connectivity index (χ2n) is 8.43. The van der Waals surface area contributed by atoms with Crippen LogP contribution < -0.4 is 16.1 Å².